The van der Waals surface area contributed by atoms with Gasteiger partial charge in [-0.05, 0) is 25.2 Å². The Balaban J connectivity index is 2.19. The summed E-state index contributed by atoms with van der Waals surface area (Å²) in [5.74, 6) is 0. The molecule has 1 unspecified atom stereocenters. The molecule has 0 amide bonds. The van der Waals surface area contributed by atoms with Crippen molar-refractivity contribution in [3.8, 4) is 0 Å². The fraction of sp³-hybridized carbons (Fsp3) is 0.333. The van der Waals surface area contributed by atoms with Crippen LogP contribution in [0.25, 0.3) is 0 Å². The molecule has 2 rings (SSSR count). The van der Waals surface area contributed by atoms with E-state index in [0.29, 0.717) is 5.73 Å². The van der Waals surface area contributed by atoms with Crippen molar-refractivity contribution < 1.29 is 4.43 Å². The number of hydrogen-bond acceptors (Lipinski definition) is 1. The number of hydrogen-bond donors (Lipinski definition) is 0. The van der Waals surface area contributed by atoms with Gasteiger partial charge in [-0.15, -0.1) is 0 Å². The molecular formula is C18H26OSi2. The van der Waals surface area contributed by atoms with Gasteiger partial charge in [-0.3, -0.25) is 0 Å². The van der Waals surface area contributed by atoms with Gasteiger partial charge in [0.1, 0.15) is 8.07 Å². The van der Waals surface area contributed by atoms with Crippen molar-refractivity contribution in [2.24, 2.45) is 0 Å². The zero-order chi connectivity index (χ0) is 15.5. The molecule has 0 aliphatic carbocycles. The number of rotatable bonds is 5. The van der Waals surface area contributed by atoms with Gasteiger partial charge < -0.3 is 4.43 Å². The summed E-state index contributed by atoms with van der Waals surface area (Å²) in [6.45, 7) is 11.7. The molecular weight excluding hydrogens is 288 g/mol. The topological polar surface area (TPSA) is 9.23 Å². The van der Waals surface area contributed by atoms with Gasteiger partial charge in [0.05, 0.1) is 0 Å². The smallest absolute Gasteiger partial charge is 0.218 e. The van der Waals surface area contributed by atoms with Crippen LogP contribution < -0.4 is 10.4 Å². The Morgan fingerprint density at radius 2 is 1.14 bits per heavy atom. The van der Waals surface area contributed by atoms with E-state index in [4.69, 9.17) is 4.43 Å². The fourth-order valence-electron chi connectivity index (χ4n) is 2.60. The zero-order valence-corrected chi connectivity index (χ0v) is 15.8. The van der Waals surface area contributed by atoms with Gasteiger partial charge in [0.25, 0.3) is 0 Å². The SMILES string of the molecule is CC(O[Si](C)(C)c1ccccc1)[Si](C)(C)c1ccccc1. The summed E-state index contributed by atoms with van der Waals surface area (Å²) >= 11 is 0. The molecule has 0 radical (unpaired) electrons. The maximum absolute atomic E-state index is 6.64. The van der Waals surface area contributed by atoms with E-state index >= 15 is 0 Å². The van der Waals surface area contributed by atoms with Crippen LogP contribution in [0.5, 0.6) is 0 Å². The molecule has 0 aliphatic rings. The molecule has 112 valence electrons. The highest BCUT2D eigenvalue weighted by Gasteiger charge is 2.36. The summed E-state index contributed by atoms with van der Waals surface area (Å²) in [7, 11) is -3.46. The predicted molar refractivity (Wildman–Crippen MR) is 97.7 cm³/mol. The van der Waals surface area contributed by atoms with Gasteiger partial charge in [-0.25, -0.2) is 0 Å². The minimum atomic E-state index is -1.85. The Hall–Kier alpha value is -1.17. The average Bonchev–Trinajstić information content (AvgIpc) is 2.48. The maximum atomic E-state index is 6.64. The second-order valence-corrected chi connectivity index (χ2v) is 15.4. The third-order valence-electron chi connectivity index (χ3n) is 4.47. The molecule has 0 saturated heterocycles. The van der Waals surface area contributed by atoms with Crippen molar-refractivity contribution in [3.05, 3.63) is 60.7 Å². The molecule has 3 heteroatoms. The van der Waals surface area contributed by atoms with Crippen LogP contribution in [-0.4, -0.2) is 22.1 Å². The molecule has 0 heterocycles. The quantitative estimate of drug-likeness (QED) is 0.765. The molecule has 0 spiro atoms. The Morgan fingerprint density at radius 3 is 1.62 bits per heavy atom. The van der Waals surface area contributed by atoms with E-state index in [1.165, 1.54) is 10.4 Å². The van der Waals surface area contributed by atoms with Crippen LogP contribution in [0.2, 0.25) is 26.2 Å². The van der Waals surface area contributed by atoms with Gasteiger partial charge in [0.15, 0.2) is 0 Å². The highest BCUT2D eigenvalue weighted by molar-refractivity contribution is 6.92. The highest BCUT2D eigenvalue weighted by atomic mass is 28.4. The first-order chi connectivity index (χ1) is 9.84. The van der Waals surface area contributed by atoms with Crippen LogP contribution in [0.1, 0.15) is 6.92 Å². The van der Waals surface area contributed by atoms with Crippen molar-refractivity contribution in [1.82, 2.24) is 0 Å². The Kier molecular flexibility index (Phi) is 4.86. The van der Waals surface area contributed by atoms with Gasteiger partial charge in [0, 0.05) is 5.73 Å². The van der Waals surface area contributed by atoms with Gasteiger partial charge in [0.2, 0.25) is 8.32 Å². The molecule has 0 aromatic heterocycles. The van der Waals surface area contributed by atoms with Crippen molar-refractivity contribution in [2.75, 3.05) is 0 Å². The van der Waals surface area contributed by atoms with E-state index in [2.05, 4.69) is 93.8 Å². The fourth-order valence-corrected chi connectivity index (χ4v) is 8.20. The Bertz CT molecular complexity index is 564. The van der Waals surface area contributed by atoms with Crippen LogP contribution in [0.4, 0.5) is 0 Å². The second-order valence-electron chi connectivity index (χ2n) is 6.72. The van der Waals surface area contributed by atoms with E-state index < -0.39 is 16.4 Å². The van der Waals surface area contributed by atoms with Crippen LogP contribution >= 0.6 is 0 Å². The van der Waals surface area contributed by atoms with Gasteiger partial charge in [-0.1, -0.05) is 78.9 Å². The van der Waals surface area contributed by atoms with Crippen molar-refractivity contribution in [2.45, 2.75) is 38.8 Å². The van der Waals surface area contributed by atoms with Crippen molar-refractivity contribution in [1.29, 1.82) is 0 Å². The summed E-state index contributed by atoms with van der Waals surface area (Å²) in [6.07, 6.45) is 0. The standard InChI is InChI=1S/C18H26OSi2/c1-16(20(2,3)17-12-8-6-9-13-17)19-21(4,5)18-14-10-7-11-15-18/h6-16H,1-5H3. The summed E-state index contributed by atoms with van der Waals surface area (Å²) in [4.78, 5) is 0. The lowest BCUT2D eigenvalue weighted by molar-refractivity contribution is 0.287. The van der Waals surface area contributed by atoms with Crippen LogP contribution in [0.15, 0.2) is 60.7 Å². The van der Waals surface area contributed by atoms with Crippen LogP contribution in [-0.2, 0) is 4.43 Å². The first-order valence-corrected chi connectivity index (χ1v) is 13.6. The molecule has 0 fully saturated rings. The summed E-state index contributed by atoms with van der Waals surface area (Å²) in [5.41, 5.74) is 0.307. The molecule has 0 bridgehead atoms. The van der Waals surface area contributed by atoms with E-state index in [1.807, 2.05) is 0 Å². The normalized spacial score (nSPS) is 14.0. The molecule has 2 aromatic carbocycles. The van der Waals surface area contributed by atoms with Crippen LogP contribution in [0, 0.1) is 0 Å². The van der Waals surface area contributed by atoms with E-state index in [9.17, 15) is 0 Å². The van der Waals surface area contributed by atoms with E-state index in [1.54, 1.807) is 0 Å². The van der Waals surface area contributed by atoms with Gasteiger partial charge >= 0.3 is 0 Å². The zero-order valence-electron chi connectivity index (χ0n) is 13.8. The average molecular weight is 315 g/mol. The molecule has 0 N–H and O–H groups in total. The molecule has 2 aromatic rings. The molecule has 1 nitrogen and oxygen atoms in total. The Morgan fingerprint density at radius 1 is 0.714 bits per heavy atom. The molecule has 0 saturated carbocycles. The third kappa shape index (κ3) is 3.73. The lowest BCUT2D eigenvalue weighted by atomic mass is 10.4. The summed E-state index contributed by atoms with van der Waals surface area (Å²) in [6, 6.07) is 21.6. The molecule has 21 heavy (non-hydrogen) atoms. The first-order valence-electron chi connectivity index (χ1n) is 7.63. The van der Waals surface area contributed by atoms with Crippen LogP contribution in [0.3, 0.4) is 0 Å². The van der Waals surface area contributed by atoms with E-state index in [0.717, 1.165) is 0 Å². The Labute approximate surface area is 131 Å². The lowest BCUT2D eigenvalue weighted by Gasteiger charge is -2.36. The van der Waals surface area contributed by atoms with Crippen molar-refractivity contribution in [3.63, 3.8) is 0 Å². The highest BCUT2D eigenvalue weighted by Crippen LogP contribution is 2.17. The van der Waals surface area contributed by atoms with Gasteiger partial charge in [-0.2, -0.15) is 0 Å². The largest absolute Gasteiger partial charge is 0.413 e. The molecule has 0 aliphatic heterocycles. The first kappa shape index (κ1) is 16.2. The predicted octanol–water partition coefficient (Wildman–Crippen LogP) is 3.66. The van der Waals surface area contributed by atoms with Crippen molar-refractivity contribution >= 4 is 26.8 Å². The number of benzene rings is 2. The molecule has 1 atom stereocenters. The lowest BCUT2D eigenvalue weighted by Crippen LogP contribution is -2.58. The summed E-state index contributed by atoms with van der Waals surface area (Å²) in [5, 5.41) is 2.84. The monoisotopic (exact) mass is 314 g/mol. The third-order valence-corrected chi connectivity index (χ3v) is 11.3. The van der Waals surface area contributed by atoms with E-state index in [-0.39, 0.29) is 0 Å². The maximum Gasteiger partial charge on any atom is 0.218 e. The minimum absolute atomic E-state index is 0.307. The summed E-state index contributed by atoms with van der Waals surface area (Å²) < 4.78 is 6.64. The minimum Gasteiger partial charge on any atom is -0.413 e. The second kappa shape index (κ2) is 6.30.